The first-order valence-corrected chi connectivity index (χ1v) is 7.39. The Morgan fingerprint density at radius 3 is 2.68 bits per heavy atom. The van der Waals surface area contributed by atoms with Gasteiger partial charge in [-0.05, 0) is 18.2 Å². The molecule has 1 N–H and O–H groups in total. The van der Waals surface area contributed by atoms with Gasteiger partial charge in [-0.2, -0.15) is 0 Å². The van der Waals surface area contributed by atoms with E-state index in [1.165, 1.54) is 0 Å². The van der Waals surface area contributed by atoms with Crippen LogP contribution < -0.4 is 5.32 Å². The second-order valence-electron chi connectivity index (χ2n) is 3.86. The topological polar surface area (TPSA) is 37.8 Å². The zero-order chi connectivity index (χ0) is 13.1. The monoisotopic (exact) mass is 331 g/mol. The highest BCUT2D eigenvalue weighted by Gasteiger charge is 2.07. The number of benzene rings is 1. The molecule has 1 aromatic carbocycles. The number of nitrogens with zero attached hydrogens (tertiary/aromatic N) is 2. The fourth-order valence-electron chi connectivity index (χ4n) is 1.67. The smallest absolute Gasteiger partial charge is 0.188 e. The maximum Gasteiger partial charge on any atom is 0.188 e. The van der Waals surface area contributed by atoms with Gasteiger partial charge in [-0.15, -0.1) is 11.3 Å². The van der Waals surface area contributed by atoms with Crippen molar-refractivity contribution in [3.05, 3.63) is 58.5 Å². The van der Waals surface area contributed by atoms with Gasteiger partial charge in [0.15, 0.2) is 5.13 Å². The molecule has 5 heteroatoms. The number of hydrogen-bond acceptors (Lipinski definition) is 4. The summed E-state index contributed by atoms with van der Waals surface area (Å²) in [6.45, 7) is 0. The normalized spacial score (nSPS) is 10.4. The van der Waals surface area contributed by atoms with Crippen LogP contribution in [-0.4, -0.2) is 9.97 Å². The highest BCUT2D eigenvalue weighted by molar-refractivity contribution is 9.10. The van der Waals surface area contributed by atoms with Crippen LogP contribution in [0.15, 0.2) is 58.5 Å². The summed E-state index contributed by atoms with van der Waals surface area (Å²) in [6.07, 6.45) is 1.75. The lowest BCUT2D eigenvalue weighted by Crippen LogP contribution is -1.91. The number of rotatable bonds is 3. The first-order valence-electron chi connectivity index (χ1n) is 5.71. The largest absolute Gasteiger partial charge is 0.316 e. The molecular weight excluding hydrogens is 322 g/mol. The van der Waals surface area contributed by atoms with E-state index in [2.05, 4.69) is 31.2 Å². The van der Waals surface area contributed by atoms with Crippen molar-refractivity contribution in [1.82, 2.24) is 9.97 Å². The minimum absolute atomic E-state index is 0.801. The van der Waals surface area contributed by atoms with Gasteiger partial charge in [0.05, 0.1) is 5.69 Å². The highest BCUT2D eigenvalue weighted by atomic mass is 79.9. The van der Waals surface area contributed by atoms with Crippen molar-refractivity contribution in [3.63, 3.8) is 0 Å². The Morgan fingerprint density at radius 2 is 1.89 bits per heavy atom. The van der Waals surface area contributed by atoms with Crippen LogP contribution >= 0.6 is 27.3 Å². The van der Waals surface area contributed by atoms with E-state index >= 15 is 0 Å². The predicted molar refractivity (Wildman–Crippen MR) is 82.8 cm³/mol. The van der Waals surface area contributed by atoms with Crippen LogP contribution in [0.25, 0.3) is 11.3 Å². The second-order valence-corrected chi connectivity index (χ2v) is 5.57. The molecule has 0 amide bonds. The molecule has 0 bridgehead atoms. The number of anilines is 2. The van der Waals surface area contributed by atoms with Crippen molar-refractivity contribution < 1.29 is 0 Å². The van der Waals surface area contributed by atoms with Gasteiger partial charge in [-0.25, -0.2) is 9.97 Å². The van der Waals surface area contributed by atoms with Crippen LogP contribution in [0.5, 0.6) is 0 Å². The third kappa shape index (κ3) is 2.83. The molecule has 2 heterocycles. The molecule has 19 heavy (non-hydrogen) atoms. The van der Waals surface area contributed by atoms with Gasteiger partial charge in [0.25, 0.3) is 0 Å². The number of aromatic nitrogens is 2. The molecule has 0 radical (unpaired) electrons. The van der Waals surface area contributed by atoms with Crippen molar-refractivity contribution in [1.29, 1.82) is 0 Å². The first kappa shape index (κ1) is 12.3. The Balaban J connectivity index is 1.86. The van der Waals surface area contributed by atoms with Crippen molar-refractivity contribution in [2.45, 2.75) is 0 Å². The van der Waals surface area contributed by atoms with E-state index in [9.17, 15) is 0 Å². The predicted octanol–water partition coefficient (Wildman–Crippen LogP) is 4.71. The summed E-state index contributed by atoms with van der Waals surface area (Å²) in [5.41, 5.74) is 2.05. The Morgan fingerprint density at radius 1 is 1.05 bits per heavy atom. The van der Waals surface area contributed by atoms with E-state index in [1.54, 1.807) is 17.5 Å². The summed E-state index contributed by atoms with van der Waals surface area (Å²) in [6, 6.07) is 13.8. The molecule has 3 aromatic rings. The SMILES string of the molecule is Brc1ccccc1-c1csc(Nc2ccccn2)n1. The van der Waals surface area contributed by atoms with Crippen LogP contribution in [0.4, 0.5) is 10.9 Å². The molecule has 0 spiro atoms. The summed E-state index contributed by atoms with van der Waals surface area (Å²) in [7, 11) is 0. The molecule has 0 aliphatic carbocycles. The Hall–Kier alpha value is -1.72. The Bertz CT molecular complexity index is 682. The van der Waals surface area contributed by atoms with Gasteiger partial charge in [0.1, 0.15) is 5.82 Å². The molecule has 3 rings (SSSR count). The quantitative estimate of drug-likeness (QED) is 0.755. The van der Waals surface area contributed by atoms with E-state index in [-0.39, 0.29) is 0 Å². The molecule has 0 saturated carbocycles. The third-order valence-electron chi connectivity index (χ3n) is 2.55. The van der Waals surface area contributed by atoms with Crippen molar-refractivity contribution in [2.75, 3.05) is 5.32 Å². The molecule has 3 nitrogen and oxygen atoms in total. The Kier molecular flexibility index (Phi) is 3.57. The van der Waals surface area contributed by atoms with Gasteiger partial charge in [0, 0.05) is 21.6 Å². The third-order valence-corrected chi connectivity index (χ3v) is 4.00. The minimum Gasteiger partial charge on any atom is -0.316 e. The van der Waals surface area contributed by atoms with Gasteiger partial charge in [-0.1, -0.05) is 40.2 Å². The zero-order valence-corrected chi connectivity index (χ0v) is 12.3. The lowest BCUT2D eigenvalue weighted by atomic mass is 10.2. The van der Waals surface area contributed by atoms with E-state index in [4.69, 9.17) is 0 Å². The maximum absolute atomic E-state index is 4.57. The molecule has 0 atom stereocenters. The zero-order valence-electron chi connectivity index (χ0n) is 9.88. The van der Waals surface area contributed by atoms with Gasteiger partial charge in [-0.3, -0.25) is 0 Å². The molecule has 0 saturated heterocycles. The summed E-state index contributed by atoms with van der Waals surface area (Å²) in [5, 5.41) is 6.07. The average molecular weight is 332 g/mol. The molecule has 0 aliphatic rings. The molecule has 94 valence electrons. The Labute approximate surface area is 123 Å². The van der Waals surface area contributed by atoms with Gasteiger partial charge in [0.2, 0.25) is 0 Å². The summed E-state index contributed by atoms with van der Waals surface area (Å²) in [5.74, 6) is 0.801. The highest BCUT2D eigenvalue weighted by Crippen LogP contribution is 2.31. The maximum atomic E-state index is 4.57. The fourth-order valence-corrected chi connectivity index (χ4v) is 2.88. The van der Waals surface area contributed by atoms with Crippen LogP contribution in [0.2, 0.25) is 0 Å². The minimum atomic E-state index is 0.801. The number of thiazole rings is 1. The van der Waals surface area contributed by atoms with Gasteiger partial charge < -0.3 is 5.32 Å². The number of halogens is 1. The summed E-state index contributed by atoms with van der Waals surface area (Å²) < 4.78 is 1.05. The lowest BCUT2D eigenvalue weighted by molar-refractivity contribution is 1.29. The summed E-state index contributed by atoms with van der Waals surface area (Å²) in [4.78, 5) is 8.79. The first-order chi connectivity index (χ1) is 9.33. The molecular formula is C14H10BrN3S. The van der Waals surface area contributed by atoms with Gasteiger partial charge >= 0.3 is 0 Å². The van der Waals surface area contributed by atoms with Crippen LogP contribution in [0.3, 0.4) is 0 Å². The number of nitrogens with one attached hydrogen (secondary N) is 1. The van der Waals surface area contributed by atoms with Crippen molar-refractivity contribution in [3.8, 4) is 11.3 Å². The van der Waals surface area contributed by atoms with Crippen LogP contribution in [-0.2, 0) is 0 Å². The number of hydrogen-bond donors (Lipinski definition) is 1. The molecule has 0 unspecified atom stereocenters. The van der Waals surface area contributed by atoms with E-state index in [1.807, 2.05) is 47.8 Å². The molecule has 2 aromatic heterocycles. The average Bonchev–Trinajstić information content (AvgIpc) is 2.89. The molecule has 0 fully saturated rings. The fraction of sp³-hybridized carbons (Fsp3) is 0. The van der Waals surface area contributed by atoms with Crippen LogP contribution in [0, 0.1) is 0 Å². The summed E-state index contributed by atoms with van der Waals surface area (Å²) >= 11 is 5.11. The standard InChI is InChI=1S/C14H10BrN3S/c15-11-6-2-1-5-10(11)12-9-19-14(17-12)18-13-7-3-4-8-16-13/h1-9H,(H,16,17,18). The second kappa shape index (κ2) is 5.50. The van der Waals surface area contributed by atoms with Crippen LogP contribution in [0.1, 0.15) is 0 Å². The van der Waals surface area contributed by atoms with E-state index < -0.39 is 0 Å². The van der Waals surface area contributed by atoms with E-state index in [0.717, 1.165) is 26.7 Å². The van der Waals surface area contributed by atoms with E-state index in [0.29, 0.717) is 0 Å². The number of pyridine rings is 1. The van der Waals surface area contributed by atoms with Crippen molar-refractivity contribution >= 4 is 38.2 Å². The van der Waals surface area contributed by atoms with Crippen molar-refractivity contribution in [2.24, 2.45) is 0 Å². The lowest BCUT2D eigenvalue weighted by Gasteiger charge is -2.01. The molecule has 0 aliphatic heterocycles.